The molecule has 0 fully saturated rings. The number of hydrogen-bond acceptors (Lipinski definition) is 7. The molecule has 0 unspecified atom stereocenters. The molecule has 0 bridgehead atoms. The van der Waals surface area contributed by atoms with E-state index in [1.165, 1.54) is 23.2 Å². The normalized spacial score (nSPS) is 13.6. The molecule has 1 amide bonds. The minimum absolute atomic E-state index is 0.0410. The number of aromatic nitrogens is 3. The number of benzene rings is 1. The van der Waals surface area contributed by atoms with E-state index in [1.807, 2.05) is 10.3 Å². The molecule has 5 rings (SSSR count). The van der Waals surface area contributed by atoms with Gasteiger partial charge in [0.1, 0.15) is 22.0 Å². The summed E-state index contributed by atoms with van der Waals surface area (Å²) >= 11 is 15.6. The first-order valence-electron chi connectivity index (χ1n) is 9.18. The van der Waals surface area contributed by atoms with E-state index in [9.17, 15) is 4.79 Å². The summed E-state index contributed by atoms with van der Waals surface area (Å²) in [6.07, 6.45) is 2.46. The van der Waals surface area contributed by atoms with Crippen molar-refractivity contribution in [3.8, 4) is 10.6 Å². The fourth-order valence-electron chi connectivity index (χ4n) is 3.64. The highest BCUT2D eigenvalue weighted by Gasteiger charge is 2.26. The van der Waals surface area contributed by atoms with Crippen molar-refractivity contribution in [1.82, 2.24) is 19.9 Å². The van der Waals surface area contributed by atoms with Gasteiger partial charge in [0, 0.05) is 22.4 Å². The zero-order valence-electron chi connectivity index (χ0n) is 15.6. The number of nitrogens with zero attached hydrogens (tertiary/aromatic N) is 4. The van der Waals surface area contributed by atoms with Crippen molar-refractivity contribution >= 4 is 67.8 Å². The minimum Gasteiger partial charge on any atom is -0.383 e. The van der Waals surface area contributed by atoms with Crippen LogP contribution >= 0.6 is 45.9 Å². The summed E-state index contributed by atoms with van der Waals surface area (Å²) < 4.78 is 0. The molecule has 0 saturated carbocycles. The van der Waals surface area contributed by atoms with Gasteiger partial charge in [-0.25, -0.2) is 15.0 Å². The van der Waals surface area contributed by atoms with Crippen molar-refractivity contribution in [3.63, 3.8) is 0 Å². The number of hydrogen-bond donors (Lipinski definition) is 1. The molecule has 1 aliphatic heterocycles. The third-order valence-electron chi connectivity index (χ3n) is 5.08. The summed E-state index contributed by atoms with van der Waals surface area (Å²) in [6, 6.07) is 5.36. The van der Waals surface area contributed by atoms with Crippen molar-refractivity contribution in [2.45, 2.75) is 19.4 Å². The first-order chi connectivity index (χ1) is 14.5. The van der Waals surface area contributed by atoms with Gasteiger partial charge in [-0.3, -0.25) is 4.79 Å². The first-order valence-corrected chi connectivity index (χ1v) is 11.6. The van der Waals surface area contributed by atoms with Crippen LogP contribution in [0.3, 0.4) is 0 Å². The van der Waals surface area contributed by atoms with E-state index in [1.54, 1.807) is 29.5 Å². The van der Waals surface area contributed by atoms with Gasteiger partial charge in [0.2, 0.25) is 5.91 Å². The van der Waals surface area contributed by atoms with E-state index >= 15 is 0 Å². The number of halogens is 2. The third-order valence-corrected chi connectivity index (χ3v) is 7.74. The first kappa shape index (κ1) is 19.7. The van der Waals surface area contributed by atoms with Gasteiger partial charge >= 0.3 is 0 Å². The summed E-state index contributed by atoms with van der Waals surface area (Å²) in [5, 5.41) is 4.63. The molecule has 1 aromatic carbocycles. The van der Waals surface area contributed by atoms with Crippen LogP contribution in [0.4, 0.5) is 5.82 Å². The summed E-state index contributed by atoms with van der Waals surface area (Å²) in [5.41, 5.74) is 8.63. The molecule has 2 N–H and O–H groups in total. The summed E-state index contributed by atoms with van der Waals surface area (Å²) in [6.45, 7) is 1.20. The number of fused-ring (bicyclic) bond motifs is 3. The Hall–Kier alpha value is -2.26. The smallest absolute Gasteiger partial charge is 0.228 e. The van der Waals surface area contributed by atoms with E-state index in [0.29, 0.717) is 45.2 Å². The van der Waals surface area contributed by atoms with E-state index in [4.69, 9.17) is 28.9 Å². The number of carbonyl (C=O) groups is 1. The molecule has 3 aromatic heterocycles. The number of thiazole rings is 1. The van der Waals surface area contributed by atoms with Crippen LogP contribution < -0.4 is 5.73 Å². The molecule has 0 saturated heterocycles. The molecule has 0 spiro atoms. The molecule has 0 atom stereocenters. The molecule has 0 radical (unpaired) electrons. The zero-order chi connectivity index (χ0) is 20.8. The van der Waals surface area contributed by atoms with E-state index in [2.05, 4.69) is 15.0 Å². The Morgan fingerprint density at radius 2 is 2.03 bits per heavy atom. The summed E-state index contributed by atoms with van der Waals surface area (Å²) in [4.78, 5) is 29.8. The van der Waals surface area contributed by atoms with Gasteiger partial charge in [0.05, 0.1) is 34.1 Å². The lowest BCUT2D eigenvalue weighted by Gasteiger charge is -2.27. The van der Waals surface area contributed by atoms with Crippen LogP contribution in [0.1, 0.15) is 16.1 Å². The van der Waals surface area contributed by atoms with Crippen LogP contribution in [0, 0.1) is 0 Å². The van der Waals surface area contributed by atoms with Gasteiger partial charge in [-0.05, 0) is 24.1 Å². The number of carbonyl (C=O) groups excluding carboxylic acids is 1. The van der Waals surface area contributed by atoms with Gasteiger partial charge in [-0.2, -0.15) is 0 Å². The molecule has 10 heteroatoms. The Kier molecular flexibility index (Phi) is 5.10. The Morgan fingerprint density at radius 1 is 1.23 bits per heavy atom. The zero-order valence-corrected chi connectivity index (χ0v) is 18.7. The van der Waals surface area contributed by atoms with Crippen LogP contribution in [-0.2, 0) is 24.2 Å². The highest BCUT2D eigenvalue weighted by molar-refractivity contribution is 7.19. The van der Waals surface area contributed by atoms with Crippen molar-refractivity contribution in [2.24, 2.45) is 0 Å². The molecule has 4 aromatic rings. The van der Waals surface area contributed by atoms with Crippen molar-refractivity contribution in [3.05, 3.63) is 56.1 Å². The maximum Gasteiger partial charge on any atom is 0.228 e. The van der Waals surface area contributed by atoms with E-state index in [-0.39, 0.29) is 12.3 Å². The topological polar surface area (TPSA) is 85.0 Å². The lowest BCUT2D eigenvalue weighted by Crippen LogP contribution is -2.36. The Morgan fingerprint density at radius 3 is 2.83 bits per heavy atom. The maximum absolute atomic E-state index is 12.9. The van der Waals surface area contributed by atoms with Crippen LogP contribution in [-0.4, -0.2) is 32.3 Å². The number of thiophene rings is 1. The van der Waals surface area contributed by atoms with Crippen LogP contribution in [0.2, 0.25) is 10.0 Å². The molecule has 1 aliphatic rings. The maximum atomic E-state index is 12.9. The van der Waals surface area contributed by atoms with Gasteiger partial charge in [-0.1, -0.05) is 29.3 Å². The van der Waals surface area contributed by atoms with Crippen LogP contribution in [0.5, 0.6) is 0 Å². The van der Waals surface area contributed by atoms with Gasteiger partial charge in [0.15, 0.2) is 0 Å². The number of anilines is 1. The fourth-order valence-corrected chi connectivity index (χ4v) is 6.43. The van der Waals surface area contributed by atoms with E-state index < -0.39 is 0 Å². The summed E-state index contributed by atoms with van der Waals surface area (Å²) in [7, 11) is 0. The Labute approximate surface area is 190 Å². The van der Waals surface area contributed by atoms with Gasteiger partial charge in [-0.15, -0.1) is 22.7 Å². The van der Waals surface area contributed by atoms with Gasteiger partial charge < -0.3 is 10.6 Å². The third kappa shape index (κ3) is 3.43. The minimum atomic E-state index is 0.0410. The van der Waals surface area contributed by atoms with E-state index in [0.717, 1.165) is 21.5 Å². The number of nitrogen functional groups attached to an aromatic ring is 1. The highest BCUT2D eigenvalue weighted by Crippen LogP contribution is 2.38. The number of amides is 1. The van der Waals surface area contributed by atoms with Crippen molar-refractivity contribution in [2.75, 3.05) is 12.3 Å². The number of nitrogens with two attached hydrogens (primary N) is 1. The quantitative estimate of drug-likeness (QED) is 0.458. The molecule has 4 heterocycles. The van der Waals surface area contributed by atoms with Crippen LogP contribution in [0.25, 0.3) is 20.8 Å². The second-order valence-corrected chi connectivity index (χ2v) is 9.68. The fraction of sp³-hybridized carbons (Fsp3) is 0.200. The number of rotatable bonds is 3. The average molecular weight is 476 g/mol. The monoisotopic (exact) mass is 475 g/mol. The lowest BCUT2D eigenvalue weighted by molar-refractivity contribution is -0.131. The standard InChI is InChI=1S/C20H15Cl2N5OS2/c21-12-2-1-3-13(22)17(12)20-26-10(8-29-20)6-15(28)27-5-4-11-14(7-27)30-19-16(11)18(23)24-9-25-19/h1-3,8-9H,4-7H2,(H2,23,24,25). The molecule has 152 valence electrons. The van der Waals surface area contributed by atoms with Crippen LogP contribution in [0.15, 0.2) is 29.9 Å². The average Bonchev–Trinajstić information content (AvgIpc) is 3.32. The second-order valence-electron chi connectivity index (χ2n) is 6.93. The summed E-state index contributed by atoms with van der Waals surface area (Å²) in [5.74, 6) is 0.546. The Balaban J connectivity index is 1.34. The highest BCUT2D eigenvalue weighted by atomic mass is 35.5. The lowest BCUT2D eigenvalue weighted by atomic mass is 10.0. The molecular formula is C20H15Cl2N5OS2. The predicted molar refractivity (Wildman–Crippen MR) is 122 cm³/mol. The van der Waals surface area contributed by atoms with Crippen molar-refractivity contribution < 1.29 is 4.79 Å². The molecule has 6 nitrogen and oxygen atoms in total. The molecule has 30 heavy (non-hydrogen) atoms. The van der Waals surface area contributed by atoms with Crippen molar-refractivity contribution in [1.29, 1.82) is 0 Å². The molecule has 0 aliphatic carbocycles. The second kappa shape index (κ2) is 7.77. The SMILES string of the molecule is Nc1ncnc2sc3c(c12)CCN(C(=O)Cc1csc(-c2c(Cl)cccc2Cl)n1)C3. The largest absolute Gasteiger partial charge is 0.383 e. The van der Waals surface area contributed by atoms with Gasteiger partial charge in [0.25, 0.3) is 0 Å². The molecular weight excluding hydrogens is 461 g/mol. The predicted octanol–water partition coefficient (Wildman–Crippen LogP) is 4.83. The Bertz CT molecular complexity index is 1270.